The molecule has 7 heteroatoms. The van der Waals surface area contributed by atoms with E-state index in [2.05, 4.69) is 10.0 Å². The Morgan fingerprint density at radius 3 is 2.43 bits per heavy atom. The van der Waals surface area contributed by atoms with E-state index in [9.17, 15) is 13.2 Å². The second-order valence-corrected chi connectivity index (χ2v) is 6.66. The molecule has 1 amide bonds. The molecule has 0 bridgehead atoms. The molecule has 1 atom stereocenters. The van der Waals surface area contributed by atoms with Crippen LogP contribution in [0.15, 0.2) is 29.2 Å². The number of aryl methyl sites for hydroxylation is 1. The van der Waals surface area contributed by atoms with Crippen LogP contribution in [0.1, 0.15) is 18.9 Å². The van der Waals surface area contributed by atoms with Crippen molar-refractivity contribution in [1.29, 1.82) is 0 Å². The lowest BCUT2D eigenvalue weighted by atomic mass is 10.1. The van der Waals surface area contributed by atoms with Gasteiger partial charge in [0.1, 0.15) is 0 Å². The topological polar surface area (TPSA) is 84.5 Å². The van der Waals surface area contributed by atoms with Gasteiger partial charge in [-0.2, -0.15) is 0 Å². The normalized spacial score (nSPS) is 12.9. The molecule has 0 saturated heterocycles. The molecule has 0 aliphatic heterocycles. The van der Waals surface area contributed by atoms with Gasteiger partial charge < -0.3 is 10.1 Å². The highest BCUT2D eigenvalue weighted by Gasteiger charge is 2.11. The van der Waals surface area contributed by atoms with Gasteiger partial charge >= 0.3 is 0 Å². The van der Waals surface area contributed by atoms with E-state index in [-0.39, 0.29) is 16.8 Å². The zero-order valence-electron chi connectivity index (χ0n) is 12.5. The van der Waals surface area contributed by atoms with Gasteiger partial charge in [-0.25, -0.2) is 13.1 Å². The van der Waals surface area contributed by atoms with E-state index < -0.39 is 10.0 Å². The lowest BCUT2D eigenvalue weighted by Gasteiger charge is -2.12. The highest BCUT2D eigenvalue weighted by atomic mass is 32.2. The van der Waals surface area contributed by atoms with Crippen molar-refractivity contribution in [3.8, 4) is 0 Å². The summed E-state index contributed by atoms with van der Waals surface area (Å²) < 4.78 is 30.4. The first-order valence-electron chi connectivity index (χ1n) is 6.70. The first kappa shape index (κ1) is 17.6. The van der Waals surface area contributed by atoms with Gasteiger partial charge in [-0.15, -0.1) is 0 Å². The van der Waals surface area contributed by atoms with E-state index in [1.54, 1.807) is 19.2 Å². The Hall–Kier alpha value is -1.44. The molecule has 0 fully saturated rings. The summed E-state index contributed by atoms with van der Waals surface area (Å²) in [4.78, 5) is 11.9. The predicted molar refractivity (Wildman–Crippen MR) is 80.5 cm³/mol. The average molecular weight is 314 g/mol. The number of carbonyl (C=O) groups is 1. The third-order valence-corrected chi connectivity index (χ3v) is 4.40. The summed E-state index contributed by atoms with van der Waals surface area (Å²) >= 11 is 0. The van der Waals surface area contributed by atoms with Crippen molar-refractivity contribution in [3.63, 3.8) is 0 Å². The van der Waals surface area contributed by atoms with Gasteiger partial charge in [0.05, 0.1) is 11.5 Å². The van der Waals surface area contributed by atoms with Crippen LogP contribution in [0.3, 0.4) is 0 Å². The van der Waals surface area contributed by atoms with E-state index in [1.165, 1.54) is 19.2 Å². The molecule has 118 valence electrons. The number of nitrogens with one attached hydrogen (secondary N) is 2. The molecular formula is C14H22N2O4S. The minimum atomic E-state index is -3.41. The lowest BCUT2D eigenvalue weighted by molar-refractivity contribution is -0.122. The van der Waals surface area contributed by atoms with Gasteiger partial charge in [0, 0.05) is 19.6 Å². The molecule has 0 aliphatic rings. The predicted octanol–water partition coefficient (Wildman–Crippen LogP) is 0.678. The Labute approximate surface area is 125 Å². The fraction of sp³-hybridized carbons (Fsp3) is 0.500. The fourth-order valence-electron chi connectivity index (χ4n) is 1.85. The second-order valence-electron chi connectivity index (χ2n) is 4.78. The Morgan fingerprint density at radius 1 is 1.29 bits per heavy atom. The van der Waals surface area contributed by atoms with Crippen LogP contribution in [0.25, 0.3) is 0 Å². The Morgan fingerprint density at radius 2 is 1.90 bits per heavy atom. The Balaban J connectivity index is 2.52. The highest BCUT2D eigenvalue weighted by Crippen LogP contribution is 2.11. The van der Waals surface area contributed by atoms with Crippen molar-refractivity contribution < 1.29 is 17.9 Å². The number of ether oxygens (including phenoxy) is 1. The number of methoxy groups -OCH3 is 1. The van der Waals surface area contributed by atoms with Crippen LogP contribution in [0, 0.1) is 0 Å². The van der Waals surface area contributed by atoms with Crippen LogP contribution in [0.2, 0.25) is 0 Å². The summed E-state index contributed by atoms with van der Waals surface area (Å²) in [5.74, 6) is -0.0496. The van der Waals surface area contributed by atoms with Gasteiger partial charge in [0.2, 0.25) is 15.9 Å². The maximum atomic E-state index is 11.7. The summed E-state index contributed by atoms with van der Waals surface area (Å²) in [6.07, 6.45) is 0.914. The highest BCUT2D eigenvalue weighted by molar-refractivity contribution is 7.89. The molecule has 1 aromatic carbocycles. The zero-order chi connectivity index (χ0) is 15.9. The number of amides is 1. The van der Waals surface area contributed by atoms with Gasteiger partial charge in [-0.1, -0.05) is 12.1 Å². The Bertz CT molecular complexity index is 555. The molecule has 0 aliphatic carbocycles. The average Bonchev–Trinajstić information content (AvgIpc) is 2.45. The SMILES string of the molecule is CNS(=O)(=O)c1ccc(CCC(=O)N[C@H](C)COC)cc1. The summed E-state index contributed by atoms with van der Waals surface area (Å²) in [6.45, 7) is 2.35. The van der Waals surface area contributed by atoms with Crippen molar-refractivity contribution in [2.45, 2.75) is 30.7 Å². The van der Waals surface area contributed by atoms with Crippen molar-refractivity contribution in [2.24, 2.45) is 0 Å². The number of rotatable bonds is 8. The lowest BCUT2D eigenvalue weighted by Crippen LogP contribution is -2.35. The molecule has 6 nitrogen and oxygen atoms in total. The Kier molecular flexibility index (Phi) is 6.80. The number of carbonyl (C=O) groups excluding carboxylic acids is 1. The van der Waals surface area contributed by atoms with Crippen molar-refractivity contribution in [3.05, 3.63) is 29.8 Å². The number of benzene rings is 1. The zero-order valence-corrected chi connectivity index (χ0v) is 13.4. The molecule has 1 rings (SSSR count). The number of hydrogen-bond acceptors (Lipinski definition) is 4. The van der Waals surface area contributed by atoms with Crippen molar-refractivity contribution in [1.82, 2.24) is 10.0 Å². The fourth-order valence-corrected chi connectivity index (χ4v) is 2.58. The van der Waals surface area contributed by atoms with Crippen LogP contribution in [-0.4, -0.2) is 41.1 Å². The summed E-state index contributed by atoms with van der Waals surface area (Å²) in [6, 6.07) is 6.48. The molecule has 0 aromatic heterocycles. The minimum absolute atomic E-state index is 0.0225. The van der Waals surface area contributed by atoms with Crippen molar-refractivity contribution in [2.75, 3.05) is 20.8 Å². The van der Waals surface area contributed by atoms with E-state index in [0.717, 1.165) is 5.56 Å². The maximum Gasteiger partial charge on any atom is 0.240 e. The molecule has 1 aromatic rings. The van der Waals surface area contributed by atoms with Crippen LogP contribution < -0.4 is 10.0 Å². The summed E-state index contributed by atoms with van der Waals surface area (Å²) in [5.41, 5.74) is 0.916. The smallest absolute Gasteiger partial charge is 0.240 e. The molecule has 0 radical (unpaired) electrons. The first-order chi connectivity index (χ1) is 9.89. The molecule has 21 heavy (non-hydrogen) atoms. The standard InChI is InChI=1S/C14H22N2O4S/c1-11(10-20-3)16-14(17)9-6-12-4-7-13(8-5-12)21(18,19)15-2/h4-5,7-8,11,15H,6,9-10H2,1-3H3,(H,16,17)/t11-/m1/s1. The second kappa shape index (κ2) is 8.11. The van der Waals surface area contributed by atoms with Gasteiger partial charge in [-0.05, 0) is 38.1 Å². The third-order valence-electron chi connectivity index (χ3n) is 2.97. The molecule has 0 heterocycles. The van der Waals surface area contributed by atoms with E-state index >= 15 is 0 Å². The number of hydrogen-bond donors (Lipinski definition) is 2. The minimum Gasteiger partial charge on any atom is -0.383 e. The molecule has 0 saturated carbocycles. The third kappa shape index (κ3) is 5.82. The molecule has 0 spiro atoms. The van der Waals surface area contributed by atoms with E-state index in [4.69, 9.17) is 4.74 Å². The summed E-state index contributed by atoms with van der Waals surface area (Å²) in [5, 5.41) is 2.83. The number of sulfonamides is 1. The van der Waals surface area contributed by atoms with Crippen LogP contribution in [0.5, 0.6) is 0 Å². The van der Waals surface area contributed by atoms with Gasteiger partial charge in [-0.3, -0.25) is 4.79 Å². The quantitative estimate of drug-likeness (QED) is 0.739. The van der Waals surface area contributed by atoms with E-state index in [0.29, 0.717) is 19.4 Å². The van der Waals surface area contributed by atoms with E-state index in [1.807, 2.05) is 6.92 Å². The molecule has 2 N–H and O–H groups in total. The van der Waals surface area contributed by atoms with Crippen LogP contribution in [-0.2, 0) is 26.0 Å². The van der Waals surface area contributed by atoms with Gasteiger partial charge in [0.25, 0.3) is 0 Å². The van der Waals surface area contributed by atoms with Crippen molar-refractivity contribution >= 4 is 15.9 Å². The monoisotopic (exact) mass is 314 g/mol. The summed E-state index contributed by atoms with van der Waals surface area (Å²) in [7, 11) is -0.455. The largest absolute Gasteiger partial charge is 0.383 e. The van der Waals surface area contributed by atoms with Crippen LogP contribution in [0.4, 0.5) is 0 Å². The van der Waals surface area contributed by atoms with Crippen LogP contribution >= 0.6 is 0 Å². The molecule has 0 unspecified atom stereocenters. The first-order valence-corrected chi connectivity index (χ1v) is 8.18. The maximum absolute atomic E-state index is 11.7. The van der Waals surface area contributed by atoms with Gasteiger partial charge in [0.15, 0.2) is 0 Å². The molecular weight excluding hydrogens is 292 g/mol.